The van der Waals surface area contributed by atoms with E-state index in [0.29, 0.717) is 5.69 Å². The van der Waals surface area contributed by atoms with Gasteiger partial charge in [0.2, 0.25) is 0 Å². The van der Waals surface area contributed by atoms with Crippen LogP contribution in [-0.4, -0.2) is 45.1 Å². The SMILES string of the molecule is Cl.NCC(F)(F)CNC(=O)c1ccc(-n2cnnn2)cc1. The van der Waals surface area contributed by atoms with E-state index in [1.165, 1.54) is 23.1 Å². The van der Waals surface area contributed by atoms with E-state index in [9.17, 15) is 13.6 Å². The van der Waals surface area contributed by atoms with Crippen molar-refractivity contribution in [2.75, 3.05) is 13.1 Å². The summed E-state index contributed by atoms with van der Waals surface area (Å²) in [4.78, 5) is 11.7. The van der Waals surface area contributed by atoms with Gasteiger partial charge < -0.3 is 11.1 Å². The average molecular weight is 319 g/mol. The lowest BCUT2D eigenvalue weighted by Gasteiger charge is -2.14. The fourth-order valence-corrected chi connectivity index (χ4v) is 1.43. The smallest absolute Gasteiger partial charge is 0.277 e. The number of alkyl halides is 2. The summed E-state index contributed by atoms with van der Waals surface area (Å²) in [5, 5.41) is 12.8. The van der Waals surface area contributed by atoms with Gasteiger partial charge in [0.05, 0.1) is 18.8 Å². The highest BCUT2D eigenvalue weighted by molar-refractivity contribution is 5.94. The molecule has 3 N–H and O–H groups in total. The second-order valence-electron chi connectivity index (χ2n) is 4.04. The minimum atomic E-state index is -3.11. The molecule has 0 aliphatic heterocycles. The van der Waals surface area contributed by atoms with E-state index in [1.54, 1.807) is 12.1 Å². The van der Waals surface area contributed by atoms with Gasteiger partial charge in [0, 0.05) is 5.56 Å². The number of nitrogens with two attached hydrogens (primary N) is 1. The molecule has 0 spiro atoms. The van der Waals surface area contributed by atoms with Crippen LogP contribution >= 0.6 is 12.4 Å². The van der Waals surface area contributed by atoms with Gasteiger partial charge in [-0.05, 0) is 34.7 Å². The molecular formula is C11H13ClF2N6O. The number of benzene rings is 1. The molecule has 0 atom stereocenters. The first-order chi connectivity index (χ1) is 9.52. The second-order valence-corrected chi connectivity index (χ2v) is 4.04. The number of nitrogens with zero attached hydrogens (tertiary/aromatic N) is 4. The maximum Gasteiger partial charge on any atom is 0.277 e. The summed E-state index contributed by atoms with van der Waals surface area (Å²) in [5.74, 6) is -3.71. The highest BCUT2D eigenvalue weighted by Gasteiger charge is 2.27. The van der Waals surface area contributed by atoms with Gasteiger partial charge in [0.15, 0.2) is 0 Å². The zero-order chi connectivity index (χ0) is 14.6. The van der Waals surface area contributed by atoms with Crippen LogP contribution in [0, 0.1) is 0 Å². The Morgan fingerprint density at radius 3 is 2.52 bits per heavy atom. The Kier molecular flexibility index (Phi) is 5.68. The van der Waals surface area contributed by atoms with Crippen LogP contribution in [0.25, 0.3) is 5.69 Å². The molecule has 1 aromatic heterocycles. The lowest BCUT2D eigenvalue weighted by molar-refractivity contribution is 0.0118. The summed E-state index contributed by atoms with van der Waals surface area (Å²) in [7, 11) is 0. The van der Waals surface area contributed by atoms with E-state index in [1.807, 2.05) is 0 Å². The molecule has 0 bridgehead atoms. The Morgan fingerprint density at radius 2 is 2.00 bits per heavy atom. The molecule has 0 unspecified atom stereocenters. The van der Waals surface area contributed by atoms with E-state index in [2.05, 4.69) is 20.8 Å². The number of hydrogen-bond donors (Lipinski definition) is 2. The van der Waals surface area contributed by atoms with E-state index in [0.717, 1.165) is 0 Å². The summed E-state index contributed by atoms with van der Waals surface area (Å²) in [6, 6.07) is 6.19. The summed E-state index contributed by atoms with van der Waals surface area (Å²) < 4.78 is 27.2. The molecule has 0 saturated heterocycles. The second kappa shape index (κ2) is 7.04. The van der Waals surface area contributed by atoms with Crippen molar-refractivity contribution in [1.82, 2.24) is 25.5 Å². The minimum Gasteiger partial charge on any atom is -0.346 e. The quantitative estimate of drug-likeness (QED) is 0.832. The van der Waals surface area contributed by atoms with Gasteiger partial charge in [-0.2, -0.15) is 0 Å². The number of rotatable bonds is 5. The number of carbonyl (C=O) groups is 1. The first-order valence-corrected chi connectivity index (χ1v) is 5.71. The summed E-state index contributed by atoms with van der Waals surface area (Å²) in [6.45, 7) is -1.61. The molecule has 1 heterocycles. The topological polar surface area (TPSA) is 98.7 Å². The Bertz CT molecular complexity index is 575. The van der Waals surface area contributed by atoms with Crippen molar-refractivity contribution in [3.05, 3.63) is 36.2 Å². The van der Waals surface area contributed by atoms with Crippen molar-refractivity contribution < 1.29 is 13.6 Å². The first-order valence-electron chi connectivity index (χ1n) is 5.71. The molecule has 10 heteroatoms. The van der Waals surface area contributed by atoms with Crippen molar-refractivity contribution in [1.29, 1.82) is 0 Å². The summed E-state index contributed by atoms with van der Waals surface area (Å²) in [6.07, 6.45) is 1.40. The largest absolute Gasteiger partial charge is 0.346 e. The third kappa shape index (κ3) is 4.43. The maximum atomic E-state index is 12.9. The fraction of sp³-hybridized carbons (Fsp3) is 0.273. The average Bonchev–Trinajstić information content (AvgIpc) is 2.99. The highest BCUT2D eigenvalue weighted by Crippen LogP contribution is 2.11. The monoisotopic (exact) mass is 318 g/mol. The lowest BCUT2D eigenvalue weighted by Crippen LogP contribution is -2.41. The van der Waals surface area contributed by atoms with Crippen molar-refractivity contribution >= 4 is 18.3 Å². The molecule has 2 aromatic rings. The molecule has 1 aromatic carbocycles. The van der Waals surface area contributed by atoms with Gasteiger partial charge in [-0.25, -0.2) is 13.5 Å². The van der Waals surface area contributed by atoms with Gasteiger partial charge in [0.25, 0.3) is 11.8 Å². The number of nitrogens with one attached hydrogen (secondary N) is 1. The van der Waals surface area contributed by atoms with E-state index in [-0.39, 0.29) is 18.0 Å². The third-order valence-corrected chi connectivity index (χ3v) is 2.55. The summed E-state index contributed by atoms with van der Waals surface area (Å²) in [5.41, 5.74) is 5.79. The van der Waals surface area contributed by atoms with Crippen LogP contribution < -0.4 is 11.1 Å². The van der Waals surface area contributed by atoms with Crippen LogP contribution in [0.3, 0.4) is 0 Å². The standard InChI is InChI=1S/C11H12F2N6O.ClH/c12-11(13,5-14)6-15-10(20)8-1-3-9(4-2-8)19-7-16-17-18-19;/h1-4,7H,5-6,14H2,(H,15,20);1H. The predicted octanol–water partition coefficient (Wildman–Crippen LogP) is 0.408. The van der Waals surface area contributed by atoms with Crippen molar-refractivity contribution in [2.45, 2.75) is 5.92 Å². The molecule has 2 rings (SSSR count). The molecule has 0 aliphatic rings. The van der Waals surface area contributed by atoms with Gasteiger partial charge in [-0.15, -0.1) is 17.5 Å². The third-order valence-electron chi connectivity index (χ3n) is 2.55. The van der Waals surface area contributed by atoms with Crippen LogP contribution in [0.1, 0.15) is 10.4 Å². The number of aromatic nitrogens is 4. The zero-order valence-electron chi connectivity index (χ0n) is 10.7. The Balaban J connectivity index is 0.00000220. The normalized spacial score (nSPS) is 10.8. The number of amides is 1. The molecule has 0 fully saturated rings. The van der Waals surface area contributed by atoms with Crippen LogP contribution in [0.4, 0.5) is 8.78 Å². The Morgan fingerprint density at radius 1 is 1.33 bits per heavy atom. The minimum absolute atomic E-state index is 0. The van der Waals surface area contributed by atoms with E-state index in [4.69, 9.17) is 5.73 Å². The number of hydrogen-bond acceptors (Lipinski definition) is 5. The van der Waals surface area contributed by atoms with Gasteiger partial charge >= 0.3 is 0 Å². The molecule has 0 radical (unpaired) electrons. The molecular weight excluding hydrogens is 306 g/mol. The van der Waals surface area contributed by atoms with Crippen LogP contribution in [0.2, 0.25) is 0 Å². The molecule has 7 nitrogen and oxygen atoms in total. The molecule has 21 heavy (non-hydrogen) atoms. The van der Waals surface area contributed by atoms with E-state index < -0.39 is 24.9 Å². The van der Waals surface area contributed by atoms with Crippen LogP contribution in [0.5, 0.6) is 0 Å². The fourth-order valence-electron chi connectivity index (χ4n) is 1.43. The highest BCUT2D eigenvalue weighted by atomic mass is 35.5. The Hall–Kier alpha value is -2.13. The molecule has 1 amide bonds. The Labute approximate surface area is 124 Å². The zero-order valence-corrected chi connectivity index (χ0v) is 11.6. The lowest BCUT2D eigenvalue weighted by atomic mass is 10.2. The van der Waals surface area contributed by atoms with Gasteiger partial charge in [0.1, 0.15) is 6.33 Å². The van der Waals surface area contributed by atoms with Crippen molar-refractivity contribution in [3.63, 3.8) is 0 Å². The summed E-state index contributed by atoms with van der Waals surface area (Å²) >= 11 is 0. The van der Waals surface area contributed by atoms with Gasteiger partial charge in [-0.1, -0.05) is 0 Å². The first kappa shape index (κ1) is 16.9. The molecule has 114 valence electrons. The molecule has 0 saturated carbocycles. The maximum absolute atomic E-state index is 12.9. The number of carbonyl (C=O) groups excluding carboxylic acids is 1. The van der Waals surface area contributed by atoms with Crippen molar-refractivity contribution in [3.8, 4) is 5.69 Å². The van der Waals surface area contributed by atoms with Gasteiger partial charge in [-0.3, -0.25) is 4.79 Å². The number of tetrazole rings is 1. The van der Waals surface area contributed by atoms with Crippen LogP contribution in [0.15, 0.2) is 30.6 Å². The predicted molar refractivity (Wildman–Crippen MR) is 72.7 cm³/mol. The van der Waals surface area contributed by atoms with Crippen molar-refractivity contribution in [2.24, 2.45) is 5.73 Å². The number of halogens is 3. The van der Waals surface area contributed by atoms with E-state index >= 15 is 0 Å². The van der Waals surface area contributed by atoms with Crippen LogP contribution in [-0.2, 0) is 0 Å². The molecule has 0 aliphatic carbocycles.